The first-order chi connectivity index (χ1) is 28.7. The highest BCUT2D eigenvalue weighted by atomic mass is 15.1. The van der Waals surface area contributed by atoms with Crippen LogP contribution in [0.2, 0.25) is 0 Å². The van der Waals surface area contributed by atoms with Crippen LogP contribution in [0.25, 0.3) is 72.6 Å². The summed E-state index contributed by atoms with van der Waals surface area (Å²) in [5, 5.41) is 0. The van der Waals surface area contributed by atoms with E-state index in [4.69, 9.17) is 4.98 Å². The molecule has 274 valence electrons. The quantitative estimate of drug-likeness (QED) is 0.147. The van der Waals surface area contributed by atoms with Crippen LogP contribution in [0.4, 0.5) is 17.1 Å². The summed E-state index contributed by atoms with van der Waals surface area (Å²) in [7, 11) is 0. The first-order valence-electron chi connectivity index (χ1n) is 19.7. The molecule has 0 aliphatic carbocycles. The van der Waals surface area contributed by atoms with E-state index >= 15 is 0 Å². The van der Waals surface area contributed by atoms with E-state index in [0.29, 0.717) is 0 Å². The first kappa shape index (κ1) is 34.7. The SMILES string of the molecule is c1ccc(N(c2ccccc2)c2ccc(-c3ccc(-c4ccc(-c5ccc(-c6ccc(-c7nc8ccccc8n7-c7ccccc7)cc6)cc5)cc4)cc3)cc2)cc1. The minimum atomic E-state index is 0.939. The van der Waals surface area contributed by atoms with E-state index in [1.165, 1.54) is 44.5 Å². The first-order valence-corrected chi connectivity index (χ1v) is 19.7. The molecule has 0 aliphatic rings. The number of aromatic nitrogens is 2. The van der Waals surface area contributed by atoms with Gasteiger partial charge in [0.2, 0.25) is 0 Å². The van der Waals surface area contributed by atoms with Crippen molar-refractivity contribution in [3.05, 3.63) is 237 Å². The minimum absolute atomic E-state index is 0.939. The fraction of sp³-hybridized carbons (Fsp3) is 0. The van der Waals surface area contributed by atoms with Gasteiger partial charge in [-0.05, 0) is 105 Å². The van der Waals surface area contributed by atoms with Crippen molar-refractivity contribution in [3.63, 3.8) is 0 Å². The summed E-state index contributed by atoms with van der Waals surface area (Å²) in [5.41, 5.74) is 17.2. The highest BCUT2D eigenvalue weighted by Crippen LogP contribution is 2.36. The van der Waals surface area contributed by atoms with Crippen molar-refractivity contribution in [2.24, 2.45) is 0 Å². The molecular weight excluding hydrogens is 703 g/mol. The molecule has 0 fully saturated rings. The number of para-hydroxylation sites is 5. The molecule has 0 N–H and O–H groups in total. The highest BCUT2D eigenvalue weighted by Gasteiger charge is 2.15. The lowest BCUT2D eigenvalue weighted by Crippen LogP contribution is -2.09. The molecule has 10 aromatic rings. The predicted octanol–water partition coefficient (Wildman–Crippen LogP) is 14.8. The summed E-state index contributed by atoms with van der Waals surface area (Å²) in [6, 6.07) is 84.0. The van der Waals surface area contributed by atoms with E-state index in [-0.39, 0.29) is 0 Å². The number of rotatable bonds is 9. The van der Waals surface area contributed by atoms with Gasteiger partial charge in [0, 0.05) is 28.3 Å². The van der Waals surface area contributed by atoms with E-state index in [9.17, 15) is 0 Å². The van der Waals surface area contributed by atoms with Crippen molar-refractivity contribution in [1.82, 2.24) is 9.55 Å². The van der Waals surface area contributed by atoms with E-state index in [1.54, 1.807) is 0 Å². The second kappa shape index (κ2) is 15.4. The molecule has 1 heterocycles. The molecule has 1 aromatic heterocycles. The van der Waals surface area contributed by atoms with Gasteiger partial charge in [-0.15, -0.1) is 0 Å². The number of fused-ring (bicyclic) bond motifs is 1. The van der Waals surface area contributed by atoms with Crippen LogP contribution < -0.4 is 4.90 Å². The van der Waals surface area contributed by atoms with Crippen LogP contribution in [-0.4, -0.2) is 9.55 Å². The van der Waals surface area contributed by atoms with Gasteiger partial charge in [0.15, 0.2) is 0 Å². The molecular formula is C55H39N3. The molecule has 0 atom stereocenters. The number of benzene rings is 9. The largest absolute Gasteiger partial charge is 0.311 e. The molecule has 9 aromatic carbocycles. The molecule has 0 saturated heterocycles. The van der Waals surface area contributed by atoms with Gasteiger partial charge in [-0.25, -0.2) is 4.98 Å². The van der Waals surface area contributed by atoms with Crippen LogP contribution in [0.1, 0.15) is 0 Å². The summed E-state index contributed by atoms with van der Waals surface area (Å²) in [5.74, 6) is 0.939. The van der Waals surface area contributed by atoms with Crippen LogP contribution in [0.5, 0.6) is 0 Å². The summed E-state index contributed by atoms with van der Waals surface area (Å²) >= 11 is 0. The van der Waals surface area contributed by atoms with Gasteiger partial charge in [0.05, 0.1) is 11.0 Å². The van der Waals surface area contributed by atoms with Crippen LogP contribution in [0.15, 0.2) is 237 Å². The number of hydrogen-bond donors (Lipinski definition) is 0. The third-order valence-corrected chi connectivity index (χ3v) is 10.9. The van der Waals surface area contributed by atoms with Gasteiger partial charge in [-0.1, -0.05) is 176 Å². The molecule has 0 spiro atoms. The van der Waals surface area contributed by atoms with Gasteiger partial charge in [0.25, 0.3) is 0 Å². The Labute approximate surface area is 339 Å². The summed E-state index contributed by atoms with van der Waals surface area (Å²) < 4.78 is 2.24. The third-order valence-electron chi connectivity index (χ3n) is 10.9. The van der Waals surface area contributed by atoms with E-state index in [1.807, 2.05) is 12.1 Å². The molecule has 0 unspecified atom stereocenters. The van der Waals surface area contributed by atoms with E-state index < -0.39 is 0 Å². The second-order valence-corrected chi connectivity index (χ2v) is 14.5. The number of anilines is 3. The smallest absolute Gasteiger partial charge is 0.145 e. The van der Waals surface area contributed by atoms with Gasteiger partial charge in [-0.2, -0.15) is 0 Å². The lowest BCUT2D eigenvalue weighted by atomic mass is 9.96. The predicted molar refractivity (Wildman–Crippen MR) is 243 cm³/mol. The van der Waals surface area contributed by atoms with Crippen molar-refractivity contribution >= 4 is 28.1 Å². The molecule has 0 aliphatic heterocycles. The molecule has 58 heavy (non-hydrogen) atoms. The molecule has 0 saturated carbocycles. The number of nitrogens with zero attached hydrogens (tertiary/aromatic N) is 3. The average Bonchev–Trinajstić information content (AvgIpc) is 3.71. The Morgan fingerprint density at radius 3 is 1.00 bits per heavy atom. The molecule has 3 heteroatoms. The molecule has 0 bridgehead atoms. The van der Waals surface area contributed by atoms with Gasteiger partial charge < -0.3 is 4.90 Å². The molecule has 3 nitrogen and oxygen atoms in total. The third kappa shape index (κ3) is 6.87. The average molecular weight is 742 g/mol. The Morgan fingerprint density at radius 2 is 0.586 bits per heavy atom. The lowest BCUT2D eigenvalue weighted by Gasteiger charge is -2.25. The zero-order chi connectivity index (χ0) is 38.7. The van der Waals surface area contributed by atoms with Crippen LogP contribution in [0, 0.1) is 0 Å². The fourth-order valence-corrected chi connectivity index (χ4v) is 7.84. The monoisotopic (exact) mass is 741 g/mol. The van der Waals surface area contributed by atoms with Gasteiger partial charge in [0.1, 0.15) is 5.82 Å². The second-order valence-electron chi connectivity index (χ2n) is 14.5. The Bertz CT molecular complexity index is 2880. The maximum absolute atomic E-state index is 5.03. The Kier molecular flexibility index (Phi) is 9.23. The normalized spacial score (nSPS) is 11.1. The van der Waals surface area contributed by atoms with Crippen molar-refractivity contribution in [1.29, 1.82) is 0 Å². The Morgan fingerprint density at radius 1 is 0.276 bits per heavy atom. The molecule has 0 radical (unpaired) electrons. The standard InChI is InChI=1S/C55H39N3/c1-4-12-49(13-5-1)57(50-14-6-2-7-15-50)52-38-36-47(37-39-52)45-30-28-43(29-31-45)41-22-20-40(21-23-41)42-24-26-44(27-25-42)46-32-34-48(35-33-46)55-56-53-18-10-11-19-54(53)58(55)51-16-8-3-9-17-51/h1-39H. The zero-order valence-corrected chi connectivity index (χ0v) is 31.9. The Balaban J connectivity index is 0.830. The van der Waals surface area contributed by atoms with Crippen LogP contribution >= 0.6 is 0 Å². The van der Waals surface area contributed by atoms with Crippen molar-refractivity contribution < 1.29 is 0 Å². The summed E-state index contributed by atoms with van der Waals surface area (Å²) in [6.45, 7) is 0. The Hall–Kier alpha value is -7.75. The van der Waals surface area contributed by atoms with Crippen molar-refractivity contribution in [2.75, 3.05) is 4.90 Å². The molecule has 10 rings (SSSR count). The fourth-order valence-electron chi connectivity index (χ4n) is 7.84. The zero-order valence-electron chi connectivity index (χ0n) is 31.9. The topological polar surface area (TPSA) is 21.1 Å². The van der Waals surface area contributed by atoms with Crippen LogP contribution in [0.3, 0.4) is 0 Å². The maximum atomic E-state index is 5.03. The van der Waals surface area contributed by atoms with Crippen molar-refractivity contribution in [3.8, 4) is 61.6 Å². The van der Waals surface area contributed by atoms with Crippen LogP contribution in [-0.2, 0) is 0 Å². The summed E-state index contributed by atoms with van der Waals surface area (Å²) in [4.78, 5) is 7.32. The van der Waals surface area contributed by atoms with Gasteiger partial charge >= 0.3 is 0 Å². The summed E-state index contributed by atoms with van der Waals surface area (Å²) in [6.07, 6.45) is 0. The molecule has 0 amide bonds. The maximum Gasteiger partial charge on any atom is 0.145 e. The highest BCUT2D eigenvalue weighted by molar-refractivity contribution is 5.84. The number of imidazole rings is 1. The van der Waals surface area contributed by atoms with E-state index in [2.05, 4.69) is 234 Å². The lowest BCUT2D eigenvalue weighted by molar-refractivity contribution is 1.10. The van der Waals surface area contributed by atoms with Crippen molar-refractivity contribution in [2.45, 2.75) is 0 Å². The van der Waals surface area contributed by atoms with E-state index in [0.717, 1.165) is 45.2 Å². The minimum Gasteiger partial charge on any atom is -0.311 e. The number of hydrogen-bond acceptors (Lipinski definition) is 2. The van der Waals surface area contributed by atoms with Gasteiger partial charge in [-0.3, -0.25) is 4.57 Å².